The first-order valence-electron chi connectivity index (χ1n) is 7.56. The molecule has 0 spiro atoms. The van der Waals surface area contributed by atoms with Gasteiger partial charge in [0.2, 0.25) is 0 Å². The van der Waals surface area contributed by atoms with Gasteiger partial charge >= 0.3 is 0 Å². The highest BCUT2D eigenvalue weighted by Gasteiger charge is 2.10. The molecule has 1 nitrogen and oxygen atoms in total. The Morgan fingerprint density at radius 3 is 1.52 bits per heavy atom. The smallest absolute Gasteiger partial charge is 0.0461 e. The maximum atomic E-state index is 2.25. The van der Waals surface area contributed by atoms with E-state index in [1.807, 2.05) is 32.9 Å². The van der Waals surface area contributed by atoms with Crippen molar-refractivity contribution in [3.8, 4) is 0 Å². The summed E-state index contributed by atoms with van der Waals surface area (Å²) < 4.78 is 0. The van der Waals surface area contributed by atoms with Gasteiger partial charge in [-0.15, -0.1) is 0 Å². The van der Waals surface area contributed by atoms with Crippen LogP contribution < -0.4 is 4.90 Å². The molecule has 0 heterocycles. The van der Waals surface area contributed by atoms with Crippen LogP contribution in [-0.4, -0.2) is 0 Å². The fourth-order valence-electron chi connectivity index (χ4n) is 2.07. The van der Waals surface area contributed by atoms with Crippen molar-refractivity contribution in [3.63, 3.8) is 0 Å². The van der Waals surface area contributed by atoms with E-state index in [-0.39, 0.29) is 0 Å². The van der Waals surface area contributed by atoms with Crippen LogP contribution in [0.25, 0.3) is 0 Å². The Labute approximate surface area is 129 Å². The molecule has 0 aliphatic heterocycles. The zero-order valence-electron chi connectivity index (χ0n) is 13.5. The second kappa shape index (κ2) is 9.60. The lowest BCUT2D eigenvalue weighted by Gasteiger charge is -2.26. The van der Waals surface area contributed by atoms with Gasteiger partial charge in [0.15, 0.2) is 0 Å². The second-order valence-electron chi connectivity index (χ2n) is 4.22. The molecule has 0 saturated carbocycles. The maximum absolute atomic E-state index is 2.25. The first-order valence-corrected chi connectivity index (χ1v) is 7.56. The Morgan fingerprint density at radius 2 is 1.19 bits per heavy atom. The first kappa shape index (κ1) is 16.8. The van der Waals surface area contributed by atoms with Gasteiger partial charge in [0, 0.05) is 17.1 Å². The van der Waals surface area contributed by atoms with Crippen molar-refractivity contribution in [2.75, 3.05) is 4.90 Å². The van der Waals surface area contributed by atoms with Crippen LogP contribution in [0.15, 0.2) is 84.6 Å². The van der Waals surface area contributed by atoms with Crippen LogP contribution >= 0.6 is 0 Å². The molecule has 0 saturated heterocycles. The third-order valence-electron chi connectivity index (χ3n) is 2.92. The SMILES string of the molecule is C/C=C\C(=C/C)N(c1ccccc1)c1ccccc1.CC. The van der Waals surface area contributed by atoms with Crippen LogP contribution in [0.4, 0.5) is 11.4 Å². The summed E-state index contributed by atoms with van der Waals surface area (Å²) >= 11 is 0. The lowest BCUT2D eigenvalue weighted by atomic mass is 10.2. The molecule has 2 aromatic rings. The van der Waals surface area contributed by atoms with E-state index < -0.39 is 0 Å². The van der Waals surface area contributed by atoms with Crippen molar-refractivity contribution < 1.29 is 0 Å². The van der Waals surface area contributed by atoms with Gasteiger partial charge in [-0.25, -0.2) is 0 Å². The van der Waals surface area contributed by atoms with Crippen molar-refractivity contribution in [1.82, 2.24) is 0 Å². The molecule has 0 unspecified atom stereocenters. The van der Waals surface area contributed by atoms with Crippen LogP contribution in [0.3, 0.4) is 0 Å². The molecule has 0 fully saturated rings. The third-order valence-corrected chi connectivity index (χ3v) is 2.92. The number of allylic oxidation sites excluding steroid dienone is 3. The molecule has 21 heavy (non-hydrogen) atoms. The van der Waals surface area contributed by atoms with E-state index >= 15 is 0 Å². The van der Waals surface area contributed by atoms with Gasteiger partial charge in [-0.3, -0.25) is 0 Å². The van der Waals surface area contributed by atoms with Gasteiger partial charge in [0.05, 0.1) is 0 Å². The third kappa shape index (κ3) is 4.64. The lowest BCUT2D eigenvalue weighted by Crippen LogP contribution is -2.14. The summed E-state index contributed by atoms with van der Waals surface area (Å²) in [6.45, 7) is 8.10. The predicted octanol–water partition coefficient (Wildman–Crippen LogP) is 6.33. The fraction of sp³-hybridized carbons (Fsp3) is 0.200. The van der Waals surface area contributed by atoms with Crippen molar-refractivity contribution >= 4 is 11.4 Å². The topological polar surface area (TPSA) is 3.24 Å². The van der Waals surface area contributed by atoms with E-state index in [4.69, 9.17) is 0 Å². The van der Waals surface area contributed by atoms with Gasteiger partial charge in [0.25, 0.3) is 0 Å². The molecule has 0 bridgehead atoms. The quantitative estimate of drug-likeness (QED) is 0.591. The zero-order valence-corrected chi connectivity index (χ0v) is 13.5. The van der Waals surface area contributed by atoms with Gasteiger partial charge < -0.3 is 4.90 Å². The van der Waals surface area contributed by atoms with Gasteiger partial charge in [-0.05, 0) is 44.2 Å². The number of para-hydroxylation sites is 2. The van der Waals surface area contributed by atoms with Crippen LogP contribution in [0.2, 0.25) is 0 Å². The molecule has 2 aromatic carbocycles. The molecule has 0 aliphatic carbocycles. The molecule has 0 atom stereocenters. The Kier molecular flexibility index (Phi) is 7.67. The van der Waals surface area contributed by atoms with Crippen molar-refractivity contribution in [2.24, 2.45) is 0 Å². The minimum Gasteiger partial charge on any atom is -0.311 e. The average molecular weight is 279 g/mol. The van der Waals surface area contributed by atoms with E-state index in [2.05, 4.69) is 78.6 Å². The normalized spacial score (nSPS) is 11.0. The fourth-order valence-corrected chi connectivity index (χ4v) is 2.07. The summed E-state index contributed by atoms with van der Waals surface area (Å²) in [4.78, 5) is 2.25. The Morgan fingerprint density at radius 1 is 0.762 bits per heavy atom. The van der Waals surface area contributed by atoms with Gasteiger partial charge in [-0.1, -0.05) is 62.4 Å². The summed E-state index contributed by atoms with van der Waals surface area (Å²) in [5.41, 5.74) is 3.50. The minimum absolute atomic E-state index is 1.17. The molecule has 0 aliphatic rings. The molecule has 2 rings (SSSR count). The molecule has 0 radical (unpaired) electrons. The van der Waals surface area contributed by atoms with E-state index in [9.17, 15) is 0 Å². The monoisotopic (exact) mass is 279 g/mol. The number of benzene rings is 2. The number of hydrogen-bond acceptors (Lipinski definition) is 1. The Balaban J connectivity index is 0.00000106. The van der Waals surface area contributed by atoms with Gasteiger partial charge in [0.1, 0.15) is 0 Å². The minimum atomic E-state index is 1.17. The summed E-state index contributed by atoms with van der Waals surface area (Å²) in [5.74, 6) is 0. The van der Waals surface area contributed by atoms with Crippen molar-refractivity contribution in [1.29, 1.82) is 0 Å². The summed E-state index contributed by atoms with van der Waals surface area (Å²) in [6, 6.07) is 20.8. The summed E-state index contributed by atoms with van der Waals surface area (Å²) in [6.07, 6.45) is 6.31. The number of rotatable bonds is 4. The van der Waals surface area contributed by atoms with Gasteiger partial charge in [-0.2, -0.15) is 0 Å². The number of nitrogens with zero attached hydrogens (tertiary/aromatic N) is 1. The summed E-state index contributed by atoms with van der Waals surface area (Å²) in [5, 5.41) is 0. The number of anilines is 2. The van der Waals surface area contributed by atoms with Crippen molar-refractivity contribution in [3.05, 3.63) is 84.6 Å². The molecule has 0 amide bonds. The zero-order chi connectivity index (χ0) is 15.5. The summed E-state index contributed by atoms with van der Waals surface area (Å²) in [7, 11) is 0. The second-order valence-corrected chi connectivity index (χ2v) is 4.22. The van der Waals surface area contributed by atoms with Crippen LogP contribution in [0.5, 0.6) is 0 Å². The highest BCUT2D eigenvalue weighted by atomic mass is 15.1. The Hall–Kier alpha value is -2.28. The lowest BCUT2D eigenvalue weighted by molar-refractivity contribution is 1.20. The van der Waals surface area contributed by atoms with E-state index in [0.717, 1.165) is 0 Å². The molecule has 0 aromatic heterocycles. The molecular formula is C20H25N. The van der Waals surface area contributed by atoms with Crippen LogP contribution in [-0.2, 0) is 0 Å². The largest absolute Gasteiger partial charge is 0.311 e. The van der Waals surface area contributed by atoms with E-state index in [1.54, 1.807) is 0 Å². The Bertz CT molecular complexity index is 513. The average Bonchev–Trinajstić information content (AvgIpc) is 2.58. The highest BCUT2D eigenvalue weighted by molar-refractivity contribution is 5.69. The highest BCUT2D eigenvalue weighted by Crippen LogP contribution is 2.29. The van der Waals surface area contributed by atoms with Crippen molar-refractivity contribution in [2.45, 2.75) is 27.7 Å². The van der Waals surface area contributed by atoms with E-state index in [1.165, 1.54) is 17.1 Å². The van der Waals surface area contributed by atoms with Crippen LogP contribution in [0.1, 0.15) is 27.7 Å². The predicted molar refractivity (Wildman–Crippen MR) is 94.9 cm³/mol. The molecular weight excluding hydrogens is 254 g/mol. The molecule has 1 heteroatoms. The van der Waals surface area contributed by atoms with Crippen LogP contribution in [0, 0.1) is 0 Å². The van der Waals surface area contributed by atoms with E-state index in [0.29, 0.717) is 0 Å². The standard InChI is InChI=1S/C18H19N.C2H6/c1-3-11-16(4-2)19(17-12-7-5-8-13-17)18-14-9-6-10-15-18;1-2/h3-15H,1-2H3;1-2H3/b11-3-,16-4+;. The molecule has 110 valence electrons. The maximum Gasteiger partial charge on any atom is 0.0461 e. The first-order chi connectivity index (χ1) is 10.4. The number of hydrogen-bond donors (Lipinski definition) is 0. The molecule has 0 N–H and O–H groups in total.